The highest BCUT2D eigenvalue weighted by Crippen LogP contribution is 2.76. The van der Waals surface area contributed by atoms with Crippen LogP contribution in [0.5, 0.6) is 0 Å². The predicted molar refractivity (Wildman–Crippen MR) is 229 cm³/mol. The van der Waals surface area contributed by atoms with Crippen LogP contribution in [0.4, 0.5) is 0 Å². The van der Waals surface area contributed by atoms with Crippen molar-refractivity contribution in [2.45, 2.75) is 217 Å². The second kappa shape index (κ2) is 19.0. The van der Waals surface area contributed by atoms with E-state index in [-0.39, 0.29) is 30.3 Å². The SMILES string of the molecule is CC(C)=CCC[C@](C)(O[C@@H]1O[C@H](CO)[C@@H](O)[C@H](O)[C@H]1O)[C@H]1CC[C@]2(C)[C@@H]1[C@H](O)C[C@@H]1[C@@]3(C)CC[C@H](O)C(C)(C)[C@H]3[C@@H](O[C@@H]3O[C@H](CO)[C@@H](O)[C@H](O)[C@H]3O[C@H]3OC[C@@H](O)[C@H](O)[C@H]3O)C[C@]12C. The topological polar surface area (TPSA) is 298 Å². The number of allylic oxidation sites excluding steroid dienone is 2. The van der Waals surface area contributed by atoms with E-state index < -0.39 is 145 Å². The maximum atomic E-state index is 12.7. The molecule has 0 spiro atoms. The maximum Gasteiger partial charge on any atom is 0.187 e. The fourth-order valence-electron chi connectivity index (χ4n) is 14.6. The summed E-state index contributed by atoms with van der Waals surface area (Å²) in [4.78, 5) is 0. The van der Waals surface area contributed by atoms with Gasteiger partial charge in [0, 0.05) is 0 Å². The van der Waals surface area contributed by atoms with Crippen molar-refractivity contribution >= 4 is 0 Å². The second-order valence-electron chi connectivity index (χ2n) is 22.6. The van der Waals surface area contributed by atoms with E-state index >= 15 is 0 Å². The van der Waals surface area contributed by atoms with E-state index in [1.807, 2.05) is 34.6 Å². The van der Waals surface area contributed by atoms with Gasteiger partial charge < -0.3 is 89.7 Å². The normalized spacial score (nSPS) is 53.0. The maximum absolute atomic E-state index is 12.7. The Morgan fingerprint density at radius 3 is 1.94 bits per heavy atom. The Labute approximate surface area is 382 Å². The van der Waals surface area contributed by atoms with Gasteiger partial charge in [0.05, 0.1) is 43.7 Å². The number of hydrogen-bond donors (Lipinski definition) is 12. The van der Waals surface area contributed by atoms with E-state index in [0.29, 0.717) is 51.4 Å². The molecule has 0 amide bonds. The van der Waals surface area contributed by atoms with Gasteiger partial charge in [0.15, 0.2) is 18.9 Å². The Kier molecular flexibility index (Phi) is 15.1. The van der Waals surface area contributed by atoms with Gasteiger partial charge in [-0.2, -0.15) is 0 Å². The molecule has 25 atom stereocenters. The van der Waals surface area contributed by atoms with Crippen LogP contribution in [-0.4, -0.2) is 191 Å². The molecule has 0 aromatic rings. The minimum atomic E-state index is -1.73. The van der Waals surface area contributed by atoms with Crippen molar-refractivity contribution in [1.29, 1.82) is 0 Å². The monoisotopic (exact) mass is 933 g/mol. The van der Waals surface area contributed by atoms with E-state index in [1.54, 1.807) is 0 Å². The molecule has 65 heavy (non-hydrogen) atoms. The van der Waals surface area contributed by atoms with Crippen molar-refractivity contribution < 1.29 is 89.7 Å². The Morgan fingerprint density at radius 2 is 1.31 bits per heavy atom. The van der Waals surface area contributed by atoms with Gasteiger partial charge in [-0.25, -0.2) is 0 Å². The third-order valence-electron chi connectivity index (χ3n) is 18.3. The number of aliphatic hydroxyl groups excluding tert-OH is 12. The molecule has 4 aliphatic carbocycles. The van der Waals surface area contributed by atoms with Crippen LogP contribution in [0.2, 0.25) is 0 Å². The summed E-state index contributed by atoms with van der Waals surface area (Å²) in [5.41, 5.74) is -2.41. The predicted octanol–water partition coefficient (Wildman–Crippen LogP) is -0.417. The molecule has 0 bridgehead atoms. The molecule has 3 aliphatic heterocycles. The molecule has 7 fully saturated rings. The van der Waals surface area contributed by atoms with Gasteiger partial charge >= 0.3 is 0 Å². The highest BCUT2D eigenvalue weighted by molar-refractivity contribution is 5.22. The van der Waals surface area contributed by atoms with E-state index in [9.17, 15) is 61.3 Å². The summed E-state index contributed by atoms with van der Waals surface area (Å²) in [6.07, 6.45) is -17.2. The molecular weight excluding hydrogens is 852 g/mol. The Balaban J connectivity index is 1.27. The molecule has 3 saturated heterocycles. The molecule has 7 aliphatic rings. The lowest BCUT2D eigenvalue weighted by Gasteiger charge is -2.72. The van der Waals surface area contributed by atoms with Crippen LogP contribution in [-0.2, 0) is 28.4 Å². The molecule has 18 heteroatoms. The van der Waals surface area contributed by atoms with E-state index in [1.165, 1.54) is 0 Å². The first-order valence-corrected chi connectivity index (χ1v) is 23.9. The summed E-state index contributed by atoms with van der Waals surface area (Å²) in [5, 5.41) is 131. The first-order valence-electron chi connectivity index (χ1n) is 23.9. The average Bonchev–Trinajstić information content (AvgIpc) is 3.63. The van der Waals surface area contributed by atoms with Crippen LogP contribution in [0.15, 0.2) is 11.6 Å². The zero-order valence-electron chi connectivity index (χ0n) is 39.3. The van der Waals surface area contributed by atoms with Gasteiger partial charge in [-0.05, 0) is 117 Å². The molecule has 0 aromatic carbocycles. The third-order valence-corrected chi connectivity index (χ3v) is 18.3. The zero-order chi connectivity index (χ0) is 47.9. The molecule has 12 N–H and O–H groups in total. The molecular formula is C47H80O18. The van der Waals surface area contributed by atoms with Crippen LogP contribution in [0, 0.1) is 45.3 Å². The molecule has 376 valence electrons. The highest BCUT2D eigenvalue weighted by atomic mass is 16.8. The quantitative estimate of drug-likeness (QED) is 0.0874. The molecule has 7 rings (SSSR count). The average molecular weight is 933 g/mol. The first kappa shape index (κ1) is 51.9. The van der Waals surface area contributed by atoms with Crippen LogP contribution in [0.25, 0.3) is 0 Å². The number of aliphatic hydroxyl groups is 12. The summed E-state index contributed by atoms with van der Waals surface area (Å²) in [5.74, 6) is -1.11. The van der Waals surface area contributed by atoms with Crippen LogP contribution < -0.4 is 0 Å². The van der Waals surface area contributed by atoms with Crippen LogP contribution in [0.1, 0.15) is 107 Å². The largest absolute Gasteiger partial charge is 0.394 e. The molecule has 4 saturated carbocycles. The van der Waals surface area contributed by atoms with Crippen molar-refractivity contribution in [1.82, 2.24) is 0 Å². The molecule has 0 aromatic heterocycles. The highest BCUT2D eigenvalue weighted by Gasteiger charge is 2.74. The fourth-order valence-corrected chi connectivity index (χ4v) is 14.6. The Bertz CT molecular complexity index is 1660. The Morgan fingerprint density at radius 1 is 0.692 bits per heavy atom. The third kappa shape index (κ3) is 8.72. The van der Waals surface area contributed by atoms with Crippen molar-refractivity contribution in [3.8, 4) is 0 Å². The van der Waals surface area contributed by atoms with Crippen molar-refractivity contribution in [2.24, 2.45) is 45.3 Å². The van der Waals surface area contributed by atoms with Gasteiger partial charge in [-0.15, -0.1) is 0 Å². The van der Waals surface area contributed by atoms with Crippen molar-refractivity contribution in [2.75, 3.05) is 19.8 Å². The molecule has 3 heterocycles. The molecule has 18 nitrogen and oxygen atoms in total. The van der Waals surface area contributed by atoms with E-state index in [4.69, 9.17) is 28.4 Å². The molecule has 0 unspecified atom stereocenters. The minimum absolute atomic E-state index is 0.0828. The minimum Gasteiger partial charge on any atom is -0.394 e. The van der Waals surface area contributed by atoms with Gasteiger partial charge in [-0.1, -0.05) is 46.3 Å². The van der Waals surface area contributed by atoms with Crippen LogP contribution >= 0.6 is 0 Å². The Hall–Kier alpha value is -0.980. The number of hydrogen-bond acceptors (Lipinski definition) is 18. The van der Waals surface area contributed by atoms with Gasteiger partial charge in [-0.3, -0.25) is 0 Å². The number of fused-ring (bicyclic) bond motifs is 5. The van der Waals surface area contributed by atoms with Gasteiger partial charge in [0.2, 0.25) is 0 Å². The summed E-state index contributed by atoms with van der Waals surface area (Å²) in [6, 6.07) is 0. The summed E-state index contributed by atoms with van der Waals surface area (Å²) < 4.78 is 37.7. The van der Waals surface area contributed by atoms with Gasteiger partial charge in [0.25, 0.3) is 0 Å². The lowest BCUT2D eigenvalue weighted by atomic mass is 9.34. The van der Waals surface area contributed by atoms with Crippen molar-refractivity contribution in [3.05, 3.63) is 11.6 Å². The second-order valence-corrected chi connectivity index (χ2v) is 22.6. The van der Waals surface area contributed by atoms with Crippen molar-refractivity contribution in [3.63, 3.8) is 0 Å². The summed E-state index contributed by atoms with van der Waals surface area (Å²) >= 11 is 0. The number of rotatable bonds is 12. The summed E-state index contributed by atoms with van der Waals surface area (Å²) in [7, 11) is 0. The smallest absolute Gasteiger partial charge is 0.187 e. The van der Waals surface area contributed by atoms with E-state index in [0.717, 1.165) is 5.57 Å². The first-order chi connectivity index (χ1) is 30.3. The lowest BCUT2D eigenvalue weighted by Crippen LogP contribution is -2.71. The standard InChI is InChI=1S/C47H80O18/c1-21(2)10-9-13-47(8,65-41-37(59)34(56)32(54)26(18-48)62-41)22-11-15-45(6)30(22)23(50)16-28-44(5)14-12-29(52)43(3,4)39(44)25(17-46(28,45)7)61-42-38(35(57)33(55)27(19-49)63-42)64-40-36(58)31(53)24(51)20-60-40/h10,22-42,48-59H,9,11-20H2,1-8H3/t22-,23+,24+,25-,26+,27+,28+,29-,30-,31-,32+,33+,34-,35-,36+,37+,38+,39+,40+,41-,42+,44+,45+,46+,47-/m0/s1. The van der Waals surface area contributed by atoms with E-state index in [2.05, 4.69) is 26.8 Å². The summed E-state index contributed by atoms with van der Waals surface area (Å²) in [6.45, 7) is 15.0. The molecule has 0 radical (unpaired) electrons. The zero-order valence-corrected chi connectivity index (χ0v) is 39.3. The lowest BCUT2D eigenvalue weighted by molar-refractivity contribution is -0.377. The fraction of sp³-hybridized carbons (Fsp3) is 0.957. The van der Waals surface area contributed by atoms with Crippen LogP contribution in [0.3, 0.4) is 0 Å². The van der Waals surface area contributed by atoms with Gasteiger partial charge in [0.1, 0.15) is 67.1 Å². The number of ether oxygens (including phenoxy) is 6.